The molecule has 0 radical (unpaired) electrons. The van der Waals surface area contributed by atoms with Gasteiger partial charge in [-0.05, 0) is 67.9 Å². The molecule has 5 rings (SSSR count). The van der Waals surface area contributed by atoms with Crippen LogP contribution in [0.3, 0.4) is 0 Å². The van der Waals surface area contributed by atoms with Gasteiger partial charge in [0.15, 0.2) is 10.9 Å². The molecule has 1 aromatic heterocycles. The monoisotopic (exact) mass is 488 g/mol. The standard InChI is InChI=1S/C30H36N2O2S/c1-19-17-22(25(34)24(33)21-9-7-6-8-10-21)13-14-23(19)32(18-20-11-12-20)28-31-26-27(35-28)30(4,5)16-15-29(26,2)3/h6-10,13-14,17,20,24,33H,11-12,15-16,18H2,1-5H3. The van der Waals surface area contributed by atoms with E-state index in [2.05, 4.69) is 39.5 Å². The van der Waals surface area contributed by atoms with Crippen molar-refractivity contribution in [2.75, 3.05) is 11.4 Å². The van der Waals surface area contributed by atoms with Crippen molar-refractivity contribution in [1.82, 2.24) is 4.98 Å². The number of aliphatic hydroxyl groups is 1. The molecule has 3 aromatic rings. The first-order chi connectivity index (χ1) is 16.6. The van der Waals surface area contributed by atoms with Gasteiger partial charge < -0.3 is 10.0 Å². The summed E-state index contributed by atoms with van der Waals surface area (Å²) >= 11 is 1.85. The maximum atomic E-state index is 13.0. The van der Waals surface area contributed by atoms with Gasteiger partial charge in [-0.1, -0.05) is 58.0 Å². The molecular formula is C30H36N2O2S. The van der Waals surface area contributed by atoms with Crippen molar-refractivity contribution in [3.05, 3.63) is 75.8 Å². The number of rotatable bonds is 7. The minimum absolute atomic E-state index is 0.0871. The van der Waals surface area contributed by atoms with Crippen LogP contribution in [-0.2, 0) is 10.8 Å². The summed E-state index contributed by atoms with van der Waals surface area (Å²) in [6.07, 6.45) is 3.70. The van der Waals surface area contributed by atoms with Crippen molar-refractivity contribution in [3.8, 4) is 0 Å². The zero-order valence-electron chi connectivity index (χ0n) is 21.5. The molecule has 0 spiro atoms. The van der Waals surface area contributed by atoms with E-state index in [1.165, 1.54) is 29.8 Å². The molecule has 1 saturated carbocycles. The Hall–Kier alpha value is -2.50. The topological polar surface area (TPSA) is 53.4 Å². The summed E-state index contributed by atoms with van der Waals surface area (Å²) in [5, 5.41) is 11.7. The van der Waals surface area contributed by atoms with Crippen molar-refractivity contribution < 1.29 is 9.90 Å². The first-order valence-corrected chi connectivity index (χ1v) is 13.6. The zero-order chi connectivity index (χ0) is 25.0. The molecule has 2 aromatic carbocycles. The average molecular weight is 489 g/mol. The number of Topliss-reactive ketones (excluding diaryl/α,β-unsaturated/α-hetero) is 1. The molecule has 4 nitrogen and oxygen atoms in total. The summed E-state index contributed by atoms with van der Waals surface area (Å²) in [5.41, 5.74) is 4.77. The number of hydrogen-bond acceptors (Lipinski definition) is 5. The Morgan fingerprint density at radius 3 is 2.40 bits per heavy atom. The molecule has 0 saturated heterocycles. The van der Waals surface area contributed by atoms with E-state index < -0.39 is 6.10 Å². The van der Waals surface area contributed by atoms with Gasteiger partial charge in [0.2, 0.25) is 0 Å². The molecule has 35 heavy (non-hydrogen) atoms. The van der Waals surface area contributed by atoms with E-state index in [0.29, 0.717) is 17.0 Å². The number of aliphatic hydroxyl groups excluding tert-OH is 1. The number of fused-ring (bicyclic) bond motifs is 1. The van der Waals surface area contributed by atoms with E-state index in [-0.39, 0.29) is 16.6 Å². The molecular weight excluding hydrogens is 452 g/mol. The van der Waals surface area contributed by atoms with Gasteiger partial charge >= 0.3 is 0 Å². The summed E-state index contributed by atoms with van der Waals surface area (Å²) in [7, 11) is 0. The minimum Gasteiger partial charge on any atom is -0.380 e. The van der Waals surface area contributed by atoms with Crippen molar-refractivity contribution in [2.24, 2.45) is 5.92 Å². The van der Waals surface area contributed by atoms with Crippen LogP contribution in [0.1, 0.15) is 91.5 Å². The lowest BCUT2D eigenvalue weighted by molar-refractivity contribution is 0.0747. The molecule has 2 aliphatic rings. The maximum absolute atomic E-state index is 13.0. The Kier molecular flexibility index (Phi) is 6.13. The molecule has 184 valence electrons. The van der Waals surface area contributed by atoms with Crippen LogP contribution in [0.2, 0.25) is 0 Å². The van der Waals surface area contributed by atoms with Gasteiger partial charge in [-0.15, -0.1) is 11.3 Å². The highest BCUT2D eigenvalue weighted by Crippen LogP contribution is 2.51. The van der Waals surface area contributed by atoms with E-state index in [1.54, 1.807) is 12.1 Å². The summed E-state index contributed by atoms with van der Waals surface area (Å²) in [6, 6.07) is 15.0. The Morgan fingerprint density at radius 1 is 1.09 bits per heavy atom. The number of anilines is 2. The Bertz CT molecular complexity index is 1210. The van der Waals surface area contributed by atoms with Gasteiger partial charge in [0.05, 0.1) is 5.69 Å². The fourth-order valence-electron chi connectivity index (χ4n) is 5.09. The number of aromatic nitrogens is 1. The van der Waals surface area contributed by atoms with Crippen molar-refractivity contribution in [2.45, 2.75) is 77.2 Å². The van der Waals surface area contributed by atoms with Gasteiger partial charge in [-0.2, -0.15) is 0 Å². The van der Waals surface area contributed by atoms with Gasteiger partial charge in [0, 0.05) is 33.5 Å². The molecule has 0 amide bonds. The number of nitrogens with zero attached hydrogens (tertiary/aromatic N) is 2. The van der Waals surface area contributed by atoms with Crippen LogP contribution in [0.25, 0.3) is 0 Å². The first-order valence-electron chi connectivity index (χ1n) is 12.7. The second kappa shape index (κ2) is 8.86. The third-order valence-electron chi connectivity index (χ3n) is 7.75. The highest BCUT2D eigenvalue weighted by Gasteiger charge is 2.41. The molecule has 2 aliphatic carbocycles. The van der Waals surface area contributed by atoms with E-state index in [0.717, 1.165) is 29.3 Å². The molecule has 0 bridgehead atoms. The van der Waals surface area contributed by atoms with Gasteiger partial charge in [-0.3, -0.25) is 4.79 Å². The fraction of sp³-hybridized carbons (Fsp3) is 0.467. The third-order valence-corrected chi connectivity index (χ3v) is 9.20. The highest BCUT2D eigenvalue weighted by molar-refractivity contribution is 7.16. The number of thiazole rings is 1. The fourth-order valence-corrected chi connectivity index (χ4v) is 6.49. The molecule has 5 heteroatoms. The number of benzene rings is 2. The Balaban J connectivity index is 1.49. The van der Waals surface area contributed by atoms with E-state index in [9.17, 15) is 9.90 Å². The van der Waals surface area contributed by atoms with Crippen molar-refractivity contribution in [3.63, 3.8) is 0 Å². The lowest BCUT2D eigenvalue weighted by Gasteiger charge is -2.37. The van der Waals surface area contributed by atoms with E-state index in [1.807, 2.05) is 47.7 Å². The van der Waals surface area contributed by atoms with Crippen LogP contribution in [0.4, 0.5) is 10.8 Å². The highest BCUT2D eigenvalue weighted by atomic mass is 32.1. The number of carbonyl (C=O) groups is 1. The average Bonchev–Trinajstić information content (AvgIpc) is 3.53. The summed E-state index contributed by atoms with van der Waals surface area (Å²) < 4.78 is 0. The van der Waals surface area contributed by atoms with Crippen LogP contribution in [0.5, 0.6) is 0 Å². The maximum Gasteiger partial charge on any atom is 0.195 e. The summed E-state index contributed by atoms with van der Waals surface area (Å²) in [6.45, 7) is 12.3. The van der Waals surface area contributed by atoms with E-state index in [4.69, 9.17) is 4.98 Å². The second-order valence-electron chi connectivity index (χ2n) is 11.7. The lowest BCUT2D eigenvalue weighted by atomic mass is 9.69. The van der Waals surface area contributed by atoms with Crippen LogP contribution in [0.15, 0.2) is 48.5 Å². The molecule has 0 aliphatic heterocycles. The zero-order valence-corrected chi connectivity index (χ0v) is 22.3. The van der Waals surface area contributed by atoms with Crippen molar-refractivity contribution >= 4 is 27.9 Å². The summed E-state index contributed by atoms with van der Waals surface area (Å²) in [4.78, 5) is 22.1. The molecule has 1 heterocycles. The smallest absolute Gasteiger partial charge is 0.195 e. The van der Waals surface area contributed by atoms with Crippen LogP contribution < -0.4 is 4.90 Å². The molecule has 1 fully saturated rings. The predicted molar refractivity (Wildman–Crippen MR) is 144 cm³/mol. The molecule has 1 N–H and O–H groups in total. The Morgan fingerprint density at radius 2 is 1.77 bits per heavy atom. The van der Waals surface area contributed by atoms with Gasteiger partial charge in [0.1, 0.15) is 6.10 Å². The number of aryl methyl sites for hydroxylation is 1. The molecule has 1 atom stereocenters. The minimum atomic E-state index is -1.15. The summed E-state index contributed by atoms with van der Waals surface area (Å²) in [5.74, 6) is 0.422. The number of ketones is 1. The first kappa shape index (κ1) is 24.2. The Labute approximate surface area is 213 Å². The van der Waals surface area contributed by atoms with Crippen molar-refractivity contribution in [1.29, 1.82) is 0 Å². The van der Waals surface area contributed by atoms with Crippen LogP contribution >= 0.6 is 11.3 Å². The van der Waals surface area contributed by atoms with Gasteiger partial charge in [-0.25, -0.2) is 4.98 Å². The largest absolute Gasteiger partial charge is 0.380 e. The third kappa shape index (κ3) is 4.68. The lowest BCUT2D eigenvalue weighted by Crippen LogP contribution is -2.32. The second-order valence-corrected chi connectivity index (χ2v) is 12.7. The molecule has 1 unspecified atom stereocenters. The van der Waals surface area contributed by atoms with Gasteiger partial charge in [0.25, 0.3) is 0 Å². The SMILES string of the molecule is Cc1cc(C(=O)C(O)c2ccccc2)ccc1N(CC1CC1)c1nc2c(s1)C(C)(C)CCC2(C)C. The number of carbonyl (C=O) groups excluding carboxylic acids is 1. The van der Waals surface area contributed by atoms with Crippen LogP contribution in [0, 0.1) is 12.8 Å². The number of hydrogen-bond donors (Lipinski definition) is 1. The normalized spacial score (nSPS) is 19.1. The predicted octanol–water partition coefficient (Wildman–Crippen LogP) is 7.26. The quantitative estimate of drug-likeness (QED) is 0.356. The van der Waals surface area contributed by atoms with E-state index >= 15 is 0 Å². The van der Waals surface area contributed by atoms with Crippen LogP contribution in [-0.4, -0.2) is 22.4 Å².